The third-order valence-electron chi connectivity index (χ3n) is 3.21. The molecule has 0 saturated heterocycles. The Kier molecular flexibility index (Phi) is 6.63. The minimum absolute atomic E-state index is 0.294. The van der Waals surface area contributed by atoms with Crippen LogP contribution in [0.15, 0.2) is 18.2 Å². The fourth-order valence-corrected chi connectivity index (χ4v) is 2.28. The number of halogens is 1. The summed E-state index contributed by atoms with van der Waals surface area (Å²) >= 11 is 5.93. The Morgan fingerprint density at radius 3 is 2.58 bits per heavy atom. The molecule has 0 aliphatic rings. The summed E-state index contributed by atoms with van der Waals surface area (Å²) < 4.78 is 0. The van der Waals surface area contributed by atoms with Crippen LogP contribution in [0.5, 0.6) is 5.75 Å². The maximum Gasteiger partial charge on any atom is 0.120 e. The standard InChI is InChI=1S/C15H25ClN2O/c1-11(2)7-14(18(3)4)10-17-9-12-8-13(16)5-6-15(12)19/h5-6,8,11,14,17,19H,7,9-10H2,1-4H3. The van der Waals surface area contributed by atoms with Crippen molar-refractivity contribution in [2.24, 2.45) is 5.92 Å². The van der Waals surface area contributed by atoms with E-state index in [1.807, 2.05) is 0 Å². The molecule has 0 radical (unpaired) electrons. The van der Waals surface area contributed by atoms with Gasteiger partial charge >= 0.3 is 0 Å². The third kappa shape index (κ3) is 5.81. The number of nitrogens with zero attached hydrogens (tertiary/aromatic N) is 1. The van der Waals surface area contributed by atoms with Crippen LogP contribution in [0.4, 0.5) is 0 Å². The largest absolute Gasteiger partial charge is 0.508 e. The number of aromatic hydroxyl groups is 1. The van der Waals surface area contributed by atoms with Crippen LogP contribution in [-0.4, -0.2) is 36.7 Å². The minimum Gasteiger partial charge on any atom is -0.508 e. The number of hydrogen-bond donors (Lipinski definition) is 2. The molecule has 0 spiro atoms. The van der Waals surface area contributed by atoms with Crippen molar-refractivity contribution in [3.63, 3.8) is 0 Å². The maximum atomic E-state index is 9.75. The molecular formula is C15H25ClN2O. The predicted octanol–water partition coefficient (Wildman–Crippen LogP) is 3.11. The molecule has 0 aliphatic heterocycles. The Labute approximate surface area is 121 Å². The number of phenolic OH excluding ortho intramolecular Hbond substituents is 1. The summed E-state index contributed by atoms with van der Waals surface area (Å²) in [5, 5.41) is 13.8. The van der Waals surface area contributed by atoms with Crippen molar-refractivity contribution in [3.05, 3.63) is 28.8 Å². The van der Waals surface area contributed by atoms with Gasteiger partial charge in [0.15, 0.2) is 0 Å². The topological polar surface area (TPSA) is 35.5 Å². The first-order valence-electron chi connectivity index (χ1n) is 6.74. The third-order valence-corrected chi connectivity index (χ3v) is 3.45. The van der Waals surface area contributed by atoms with Gasteiger partial charge in [0.25, 0.3) is 0 Å². The molecule has 0 aliphatic carbocycles. The molecule has 1 aromatic rings. The first-order chi connectivity index (χ1) is 8.90. The van der Waals surface area contributed by atoms with Gasteiger partial charge in [0.05, 0.1) is 0 Å². The molecule has 0 saturated carbocycles. The van der Waals surface area contributed by atoms with Crippen LogP contribution in [0.25, 0.3) is 0 Å². The zero-order chi connectivity index (χ0) is 14.4. The second-order valence-electron chi connectivity index (χ2n) is 5.65. The molecule has 0 fully saturated rings. The Morgan fingerprint density at radius 2 is 2.00 bits per heavy atom. The summed E-state index contributed by atoms with van der Waals surface area (Å²) in [6.07, 6.45) is 1.15. The molecule has 0 heterocycles. The molecule has 0 amide bonds. The van der Waals surface area contributed by atoms with E-state index < -0.39 is 0 Å². The van der Waals surface area contributed by atoms with Gasteiger partial charge < -0.3 is 15.3 Å². The molecule has 19 heavy (non-hydrogen) atoms. The minimum atomic E-state index is 0.294. The summed E-state index contributed by atoms with van der Waals surface area (Å²) in [6.45, 7) is 6.00. The maximum absolute atomic E-state index is 9.75. The van der Waals surface area contributed by atoms with Crippen molar-refractivity contribution >= 4 is 11.6 Å². The van der Waals surface area contributed by atoms with Gasteiger partial charge in [-0.3, -0.25) is 0 Å². The lowest BCUT2D eigenvalue weighted by atomic mass is 10.0. The van der Waals surface area contributed by atoms with Crippen LogP contribution in [0.1, 0.15) is 25.8 Å². The molecule has 108 valence electrons. The Hall–Kier alpha value is -0.770. The van der Waals surface area contributed by atoms with Crippen LogP contribution in [-0.2, 0) is 6.54 Å². The second-order valence-corrected chi connectivity index (χ2v) is 6.09. The average molecular weight is 285 g/mol. The average Bonchev–Trinajstić information content (AvgIpc) is 2.31. The van der Waals surface area contributed by atoms with Gasteiger partial charge in [0.1, 0.15) is 5.75 Å². The fraction of sp³-hybridized carbons (Fsp3) is 0.600. The van der Waals surface area contributed by atoms with Gasteiger partial charge in [-0.1, -0.05) is 25.4 Å². The Bertz CT molecular complexity index is 394. The predicted molar refractivity (Wildman–Crippen MR) is 81.8 cm³/mol. The molecule has 0 aromatic heterocycles. The molecule has 4 heteroatoms. The summed E-state index contributed by atoms with van der Waals surface area (Å²) in [6, 6.07) is 5.64. The molecule has 1 atom stereocenters. The quantitative estimate of drug-likeness (QED) is 0.808. The highest BCUT2D eigenvalue weighted by Crippen LogP contribution is 2.21. The van der Waals surface area contributed by atoms with Gasteiger partial charge in [-0.05, 0) is 44.6 Å². The lowest BCUT2D eigenvalue weighted by Gasteiger charge is -2.26. The monoisotopic (exact) mass is 284 g/mol. The Balaban J connectivity index is 2.49. The molecule has 3 nitrogen and oxygen atoms in total. The first kappa shape index (κ1) is 16.3. The number of nitrogens with one attached hydrogen (secondary N) is 1. The normalized spacial score (nSPS) is 13.2. The van der Waals surface area contributed by atoms with E-state index in [2.05, 4.69) is 38.2 Å². The zero-order valence-corrected chi connectivity index (χ0v) is 13.0. The lowest BCUT2D eigenvalue weighted by Crippen LogP contribution is -2.38. The number of benzene rings is 1. The van der Waals surface area contributed by atoms with Gasteiger partial charge in [0, 0.05) is 29.7 Å². The summed E-state index contributed by atoms with van der Waals surface area (Å²) in [4.78, 5) is 2.24. The number of hydrogen-bond acceptors (Lipinski definition) is 3. The van der Waals surface area contributed by atoms with E-state index in [-0.39, 0.29) is 0 Å². The van der Waals surface area contributed by atoms with Gasteiger partial charge in [-0.15, -0.1) is 0 Å². The van der Waals surface area contributed by atoms with E-state index in [4.69, 9.17) is 11.6 Å². The van der Waals surface area contributed by atoms with Gasteiger partial charge in [-0.25, -0.2) is 0 Å². The van der Waals surface area contributed by atoms with Crippen LogP contribution >= 0.6 is 11.6 Å². The van der Waals surface area contributed by atoms with E-state index in [1.165, 1.54) is 0 Å². The van der Waals surface area contributed by atoms with E-state index in [9.17, 15) is 5.11 Å². The van der Waals surface area contributed by atoms with Crippen molar-refractivity contribution in [1.29, 1.82) is 0 Å². The van der Waals surface area contributed by atoms with Crippen molar-refractivity contribution < 1.29 is 5.11 Å². The van der Waals surface area contributed by atoms with E-state index in [0.29, 0.717) is 29.3 Å². The summed E-state index contributed by atoms with van der Waals surface area (Å²) in [5.41, 5.74) is 0.842. The zero-order valence-electron chi connectivity index (χ0n) is 12.3. The number of phenols is 1. The number of rotatable bonds is 7. The molecule has 1 rings (SSSR count). The second kappa shape index (κ2) is 7.73. The van der Waals surface area contributed by atoms with Crippen LogP contribution < -0.4 is 5.32 Å². The van der Waals surface area contributed by atoms with Crippen molar-refractivity contribution in [1.82, 2.24) is 10.2 Å². The molecule has 2 N–H and O–H groups in total. The smallest absolute Gasteiger partial charge is 0.120 e. The lowest BCUT2D eigenvalue weighted by molar-refractivity contribution is 0.246. The van der Waals surface area contributed by atoms with Gasteiger partial charge in [0.2, 0.25) is 0 Å². The molecule has 1 unspecified atom stereocenters. The van der Waals surface area contributed by atoms with Gasteiger partial charge in [-0.2, -0.15) is 0 Å². The SMILES string of the molecule is CC(C)CC(CNCc1cc(Cl)ccc1O)N(C)C. The highest BCUT2D eigenvalue weighted by molar-refractivity contribution is 6.30. The molecule has 1 aromatic carbocycles. The van der Waals surface area contributed by atoms with Crippen LogP contribution in [0, 0.1) is 5.92 Å². The Morgan fingerprint density at radius 1 is 1.32 bits per heavy atom. The number of likely N-dealkylation sites (N-methyl/N-ethyl adjacent to an activating group) is 1. The van der Waals surface area contributed by atoms with Crippen LogP contribution in [0.2, 0.25) is 5.02 Å². The highest BCUT2D eigenvalue weighted by atomic mass is 35.5. The van der Waals surface area contributed by atoms with E-state index in [0.717, 1.165) is 18.5 Å². The molecule has 0 bridgehead atoms. The first-order valence-corrected chi connectivity index (χ1v) is 7.12. The van der Waals surface area contributed by atoms with Crippen molar-refractivity contribution in [3.8, 4) is 5.75 Å². The summed E-state index contributed by atoms with van der Waals surface area (Å²) in [7, 11) is 4.21. The van der Waals surface area contributed by atoms with Crippen molar-refractivity contribution in [2.45, 2.75) is 32.9 Å². The highest BCUT2D eigenvalue weighted by Gasteiger charge is 2.13. The summed E-state index contributed by atoms with van der Waals surface area (Å²) in [5.74, 6) is 0.968. The van der Waals surface area contributed by atoms with Crippen molar-refractivity contribution in [2.75, 3.05) is 20.6 Å². The van der Waals surface area contributed by atoms with E-state index >= 15 is 0 Å². The van der Waals surface area contributed by atoms with E-state index in [1.54, 1.807) is 18.2 Å². The fourth-order valence-electron chi connectivity index (χ4n) is 2.09. The van der Waals surface area contributed by atoms with Crippen LogP contribution in [0.3, 0.4) is 0 Å². The molecular weight excluding hydrogens is 260 g/mol.